The number of unbranched alkanes of at least 4 members (excludes halogenated alkanes) is 2. The monoisotopic (exact) mass is 236 g/mol. The minimum absolute atomic E-state index is 0.117. The van der Waals surface area contributed by atoms with Crippen LogP contribution < -0.4 is 0 Å². The van der Waals surface area contributed by atoms with E-state index in [1.54, 1.807) is 0 Å². The van der Waals surface area contributed by atoms with E-state index < -0.39 is 4.84 Å². The smallest absolute Gasteiger partial charge is 0.124 e. The molecule has 0 heterocycles. The second kappa shape index (κ2) is 7.79. The Bertz CT molecular complexity index is 84.5. The molecule has 68 valence electrons. The van der Waals surface area contributed by atoms with Gasteiger partial charge in [-0.1, -0.05) is 12.8 Å². The van der Waals surface area contributed by atoms with Crippen LogP contribution in [0.15, 0.2) is 0 Å². The zero-order valence-electron chi connectivity index (χ0n) is 6.20. The molecule has 0 spiro atoms. The van der Waals surface area contributed by atoms with E-state index in [9.17, 15) is 0 Å². The first-order valence-electron chi connectivity index (χ1n) is 3.66. The lowest BCUT2D eigenvalue weighted by Gasteiger charge is -2.08. The fourth-order valence-electron chi connectivity index (χ4n) is 0.737. The Labute approximate surface area is 88.1 Å². The van der Waals surface area contributed by atoms with E-state index in [1.165, 1.54) is 0 Å². The predicted molar refractivity (Wildman–Crippen MR) is 54.3 cm³/mol. The Hall–Kier alpha value is 1.16. The first-order chi connectivity index (χ1) is 5.18. The molecule has 0 aromatic heterocycles. The topological polar surface area (TPSA) is 0 Å². The highest BCUT2D eigenvalue weighted by Crippen LogP contribution is 2.19. The van der Waals surface area contributed by atoms with Gasteiger partial charge in [-0.25, -0.2) is 0 Å². The molecule has 0 saturated heterocycles. The second-order valence-electron chi connectivity index (χ2n) is 2.39. The van der Waals surface area contributed by atoms with Gasteiger partial charge in [0.1, 0.15) is 4.84 Å². The molecule has 0 aromatic rings. The zero-order chi connectivity index (χ0) is 8.69. The average Bonchev–Trinajstić information content (AvgIpc) is 1.97. The van der Waals surface area contributed by atoms with Crippen molar-refractivity contribution < 1.29 is 0 Å². The van der Waals surface area contributed by atoms with E-state index in [2.05, 4.69) is 0 Å². The summed E-state index contributed by atoms with van der Waals surface area (Å²) in [4.78, 5) is -0.451. The third-order valence-corrected chi connectivity index (χ3v) is 2.99. The highest BCUT2D eigenvalue weighted by atomic mass is 35.5. The first-order valence-corrected chi connectivity index (χ1v) is 5.51. The van der Waals surface area contributed by atoms with Crippen LogP contribution in [0.2, 0.25) is 0 Å². The molecule has 1 unspecified atom stereocenters. The molecule has 0 rings (SSSR count). The van der Waals surface area contributed by atoms with Gasteiger partial charge in [0.25, 0.3) is 0 Å². The molecule has 0 saturated carbocycles. The molecule has 0 aromatic carbocycles. The van der Waals surface area contributed by atoms with E-state index >= 15 is 0 Å². The normalized spacial score (nSPS) is 13.9. The summed E-state index contributed by atoms with van der Waals surface area (Å²) in [7, 11) is 0. The molecule has 0 bridgehead atoms. The molecule has 0 aliphatic heterocycles. The van der Waals surface area contributed by atoms with Crippen LogP contribution in [0.3, 0.4) is 0 Å². The number of rotatable bonds is 6. The summed E-state index contributed by atoms with van der Waals surface area (Å²) in [5.41, 5.74) is 0. The van der Waals surface area contributed by atoms with Gasteiger partial charge in [0.05, 0.1) is 5.38 Å². The Morgan fingerprint density at radius 2 is 1.55 bits per heavy atom. The zero-order valence-corrected chi connectivity index (χ0v) is 9.23. The summed E-state index contributed by atoms with van der Waals surface area (Å²) in [5, 5.41) is -0.117. The van der Waals surface area contributed by atoms with Crippen molar-refractivity contribution in [2.45, 2.75) is 35.9 Å². The second-order valence-corrected chi connectivity index (χ2v) is 4.49. The van der Waals surface area contributed by atoms with Gasteiger partial charge < -0.3 is 0 Å². The van der Waals surface area contributed by atoms with Crippen molar-refractivity contribution in [1.29, 1.82) is 0 Å². The van der Waals surface area contributed by atoms with Crippen LogP contribution in [0.5, 0.6) is 0 Å². The summed E-state index contributed by atoms with van der Waals surface area (Å²) >= 11 is 22.4. The third kappa shape index (κ3) is 7.52. The van der Waals surface area contributed by atoms with Gasteiger partial charge in [0, 0.05) is 5.88 Å². The maximum absolute atomic E-state index is 5.80. The van der Waals surface area contributed by atoms with E-state index in [0.717, 1.165) is 31.6 Å². The Morgan fingerprint density at radius 3 is 2.00 bits per heavy atom. The van der Waals surface area contributed by atoms with Crippen LogP contribution >= 0.6 is 46.4 Å². The third-order valence-electron chi connectivity index (χ3n) is 1.39. The van der Waals surface area contributed by atoms with E-state index in [-0.39, 0.29) is 5.38 Å². The van der Waals surface area contributed by atoms with Gasteiger partial charge in [-0.15, -0.1) is 46.4 Å². The van der Waals surface area contributed by atoms with E-state index in [4.69, 9.17) is 46.4 Å². The van der Waals surface area contributed by atoms with Crippen LogP contribution in [-0.4, -0.2) is 16.1 Å². The summed E-state index contributed by atoms with van der Waals surface area (Å²) in [6.07, 6.45) is 4.07. The van der Waals surface area contributed by atoms with Crippen molar-refractivity contribution in [3.63, 3.8) is 0 Å². The quantitative estimate of drug-likeness (QED) is 0.480. The highest BCUT2D eigenvalue weighted by molar-refractivity contribution is 6.48. The maximum Gasteiger partial charge on any atom is 0.124 e. The Balaban J connectivity index is 3.10. The molecule has 0 nitrogen and oxygen atoms in total. The molecule has 0 N–H and O–H groups in total. The maximum atomic E-state index is 5.80. The average molecular weight is 238 g/mol. The van der Waals surface area contributed by atoms with Crippen molar-refractivity contribution in [3.05, 3.63) is 0 Å². The minimum Gasteiger partial charge on any atom is -0.127 e. The van der Waals surface area contributed by atoms with Crippen molar-refractivity contribution in [2.24, 2.45) is 0 Å². The Kier molecular flexibility index (Phi) is 8.61. The number of hydrogen-bond acceptors (Lipinski definition) is 0. The standard InChI is InChI=1S/C7H12Cl4/c8-5-3-1-2-4-6(9)7(10)11/h6-7H,1-5H2. The SMILES string of the molecule is ClCCCCCC(Cl)C(Cl)Cl. The van der Waals surface area contributed by atoms with Crippen molar-refractivity contribution in [1.82, 2.24) is 0 Å². The molecule has 0 fully saturated rings. The van der Waals surface area contributed by atoms with E-state index in [0.29, 0.717) is 0 Å². The van der Waals surface area contributed by atoms with Gasteiger partial charge in [-0.2, -0.15) is 0 Å². The molecule has 0 radical (unpaired) electrons. The van der Waals surface area contributed by atoms with Gasteiger partial charge in [-0.05, 0) is 12.8 Å². The summed E-state index contributed by atoms with van der Waals surface area (Å²) in [6, 6.07) is 0. The molecule has 0 amide bonds. The number of hydrogen-bond donors (Lipinski definition) is 0. The molecule has 0 aliphatic carbocycles. The fraction of sp³-hybridized carbons (Fsp3) is 1.00. The van der Waals surface area contributed by atoms with Gasteiger partial charge >= 0.3 is 0 Å². The Morgan fingerprint density at radius 1 is 0.909 bits per heavy atom. The lowest BCUT2D eigenvalue weighted by molar-refractivity contribution is 0.656. The van der Waals surface area contributed by atoms with Crippen LogP contribution in [0.1, 0.15) is 25.7 Å². The minimum atomic E-state index is -0.451. The lowest BCUT2D eigenvalue weighted by atomic mass is 10.2. The van der Waals surface area contributed by atoms with Gasteiger partial charge in [0.15, 0.2) is 0 Å². The van der Waals surface area contributed by atoms with Crippen LogP contribution in [0.25, 0.3) is 0 Å². The molecule has 0 aliphatic rings. The van der Waals surface area contributed by atoms with Crippen molar-refractivity contribution >= 4 is 46.4 Å². The highest BCUT2D eigenvalue weighted by Gasteiger charge is 2.12. The summed E-state index contributed by atoms with van der Waals surface area (Å²) in [6.45, 7) is 0. The van der Waals surface area contributed by atoms with Crippen molar-refractivity contribution in [2.75, 3.05) is 5.88 Å². The molecule has 4 heteroatoms. The van der Waals surface area contributed by atoms with Gasteiger partial charge in [-0.3, -0.25) is 0 Å². The van der Waals surface area contributed by atoms with Gasteiger partial charge in [0.2, 0.25) is 0 Å². The predicted octanol–water partition coefficient (Wildman–Crippen LogP) is 4.20. The van der Waals surface area contributed by atoms with Crippen LogP contribution in [0, 0.1) is 0 Å². The fourth-order valence-corrected chi connectivity index (χ4v) is 1.33. The van der Waals surface area contributed by atoms with Crippen molar-refractivity contribution in [3.8, 4) is 0 Å². The number of halogens is 4. The molecule has 11 heavy (non-hydrogen) atoms. The summed E-state index contributed by atoms with van der Waals surface area (Å²) < 4.78 is 0. The molecular formula is C7H12Cl4. The molecular weight excluding hydrogens is 226 g/mol. The largest absolute Gasteiger partial charge is 0.127 e. The summed E-state index contributed by atoms with van der Waals surface area (Å²) in [5.74, 6) is 0.720. The molecule has 1 atom stereocenters. The first kappa shape index (κ1) is 12.2. The van der Waals surface area contributed by atoms with E-state index in [1.807, 2.05) is 0 Å². The lowest BCUT2D eigenvalue weighted by Crippen LogP contribution is -2.07. The van der Waals surface area contributed by atoms with Crippen LogP contribution in [-0.2, 0) is 0 Å². The van der Waals surface area contributed by atoms with Crippen LogP contribution in [0.4, 0.5) is 0 Å². The number of alkyl halides is 4.